The van der Waals surface area contributed by atoms with Crippen LogP contribution in [0.1, 0.15) is 48.7 Å². The predicted octanol–water partition coefficient (Wildman–Crippen LogP) is 5.28. The van der Waals surface area contributed by atoms with Crippen LogP contribution >= 0.6 is 0 Å². The van der Waals surface area contributed by atoms with Crippen LogP contribution in [0.3, 0.4) is 0 Å². The SMILES string of the molecule is CCN1CCN(c2ccccc2NC(=O)c2cc(-c3cc(C)oc3C)nc3c2cnn3C(C)C)CC1. The predicted molar refractivity (Wildman–Crippen MR) is 144 cm³/mol. The number of fused-ring (bicyclic) bond motifs is 1. The van der Waals surface area contributed by atoms with Crippen molar-refractivity contribution in [2.24, 2.45) is 0 Å². The monoisotopic (exact) mass is 486 g/mol. The highest BCUT2D eigenvalue weighted by atomic mass is 16.3. The molecule has 0 radical (unpaired) electrons. The van der Waals surface area contributed by atoms with Gasteiger partial charge >= 0.3 is 0 Å². The molecular weight excluding hydrogens is 452 g/mol. The number of hydrogen-bond donors (Lipinski definition) is 1. The molecule has 1 amide bonds. The number of amides is 1. The minimum absolute atomic E-state index is 0.107. The second-order valence-electron chi connectivity index (χ2n) is 9.69. The third kappa shape index (κ3) is 4.48. The maximum absolute atomic E-state index is 13.8. The molecule has 1 fully saturated rings. The lowest BCUT2D eigenvalue weighted by atomic mass is 10.1. The number of anilines is 2. The first-order valence-electron chi connectivity index (χ1n) is 12.7. The van der Waals surface area contributed by atoms with E-state index in [-0.39, 0.29) is 11.9 Å². The van der Waals surface area contributed by atoms with E-state index in [1.165, 1.54) is 0 Å². The molecule has 0 spiro atoms. The van der Waals surface area contributed by atoms with Crippen LogP contribution in [0.4, 0.5) is 11.4 Å². The van der Waals surface area contributed by atoms with E-state index in [1.807, 2.05) is 48.9 Å². The number of aryl methyl sites for hydroxylation is 2. The zero-order chi connectivity index (χ0) is 25.4. The van der Waals surface area contributed by atoms with Gasteiger partial charge in [0.05, 0.1) is 34.2 Å². The summed E-state index contributed by atoms with van der Waals surface area (Å²) in [6.45, 7) is 15.1. The molecule has 8 heteroatoms. The van der Waals surface area contributed by atoms with E-state index in [0.29, 0.717) is 16.9 Å². The Balaban J connectivity index is 1.53. The van der Waals surface area contributed by atoms with E-state index in [9.17, 15) is 4.79 Å². The third-order valence-electron chi connectivity index (χ3n) is 6.93. The number of likely N-dealkylation sites (N-methyl/N-ethyl adjacent to an activating group) is 1. The van der Waals surface area contributed by atoms with Crippen molar-refractivity contribution in [3.63, 3.8) is 0 Å². The minimum atomic E-state index is -0.176. The molecule has 8 nitrogen and oxygen atoms in total. The van der Waals surface area contributed by atoms with Gasteiger partial charge in [0, 0.05) is 37.8 Å². The Morgan fingerprint density at radius 2 is 1.86 bits per heavy atom. The quantitative estimate of drug-likeness (QED) is 0.399. The lowest BCUT2D eigenvalue weighted by molar-refractivity contribution is 0.102. The molecule has 0 unspecified atom stereocenters. The molecule has 3 aromatic heterocycles. The Kier molecular flexibility index (Phi) is 6.53. The molecule has 0 bridgehead atoms. The van der Waals surface area contributed by atoms with Crippen molar-refractivity contribution >= 4 is 28.3 Å². The summed E-state index contributed by atoms with van der Waals surface area (Å²) in [5.41, 5.74) is 4.68. The Bertz CT molecular complexity index is 1390. The van der Waals surface area contributed by atoms with E-state index in [1.54, 1.807) is 6.20 Å². The molecule has 1 aromatic carbocycles. The molecule has 0 saturated carbocycles. The number of nitrogens with one attached hydrogen (secondary N) is 1. The number of aromatic nitrogens is 3. The summed E-state index contributed by atoms with van der Waals surface area (Å²) in [6, 6.07) is 12.0. The maximum atomic E-state index is 13.8. The summed E-state index contributed by atoms with van der Waals surface area (Å²) < 4.78 is 7.62. The molecule has 0 atom stereocenters. The molecule has 1 N–H and O–H groups in total. The van der Waals surface area contributed by atoms with Crippen molar-refractivity contribution in [2.45, 2.75) is 40.7 Å². The number of nitrogens with zero attached hydrogens (tertiary/aromatic N) is 5. The summed E-state index contributed by atoms with van der Waals surface area (Å²) in [7, 11) is 0. The van der Waals surface area contributed by atoms with Crippen LogP contribution in [0.5, 0.6) is 0 Å². The number of para-hydroxylation sites is 2. The molecule has 5 rings (SSSR count). The molecule has 1 aliphatic rings. The van der Waals surface area contributed by atoms with Crippen LogP contribution in [0, 0.1) is 13.8 Å². The maximum Gasteiger partial charge on any atom is 0.256 e. The number of carbonyl (C=O) groups is 1. The second kappa shape index (κ2) is 9.78. The lowest BCUT2D eigenvalue weighted by Crippen LogP contribution is -2.46. The average molecular weight is 487 g/mol. The van der Waals surface area contributed by atoms with Gasteiger partial charge in [-0.3, -0.25) is 4.79 Å². The molecule has 188 valence electrons. The van der Waals surface area contributed by atoms with Gasteiger partial charge in [-0.25, -0.2) is 9.67 Å². The van der Waals surface area contributed by atoms with Crippen LogP contribution in [0.2, 0.25) is 0 Å². The fourth-order valence-corrected chi connectivity index (χ4v) is 4.96. The highest BCUT2D eigenvalue weighted by molar-refractivity contribution is 6.13. The number of pyridine rings is 1. The average Bonchev–Trinajstić information content (AvgIpc) is 3.46. The molecular formula is C28H34N6O2. The first-order chi connectivity index (χ1) is 17.4. The van der Waals surface area contributed by atoms with Gasteiger partial charge in [0.2, 0.25) is 0 Å². The van der Waals surface area contributed by atoms with Crippen LogP contribution in [0.15, 0.2) is 47.0 Å². The topological polar surface area (TPSA) is 79.4 Å². The van der Waals surface area contributed by atoms with Gasteiger partial charge in [-0.1, -0.05) is 19.1 Å². The zero-order valence-electron chi connectivity index (χ0n) is 21.7. The van der Waals surface area contributed by atoms with E-state index >= 15 is 0 Å². The fraction of sp³-hybridized carbons (Fsp3) is 0.393. The van der Waals surface area contributed by atoms with Crippen molar-refractivity contribution in [2.75, 3.05) is 42.9 Å². The largest absolute Gasteiger partial charge is 0.466 e. The smallest absolute Gasteiger partial charge is 0.256 e. The van der Waals surface area contributed by atoms with Crippen LogP contribution in [0.25, 0.3) is 22.3 Å². The highest BCUT2D eigenvalue weighted by Gasteiger charge is 2.23. The van der Waals surface area contributed by atoms with Crippen molar-refractivity contribution in [3.8, 4) is 11.3 Å². The molecule has 36 heavy (non-hydrogen) atoms. The molecule has 1 aliphatic heterocycles. The van der Waals surface area contributed by atoms with Gasteiger partial charge in [-0.15, -0.1) is 0 Å². The van der Waals surface area contributed by atoms with E-state index in [4.69, 9.17) is 9.40 Å². The van der Waals surface area contributed by atoms with Crippen molar-refractivity contribution < 1.29 is 9.21 Å². The number of piperazine rings is 1. The van der Waals surface area contributed by atoms with E-state index in [2.05, 4.69) is 47.1 Å². The summed E-state index contributed by atoms with van der Waals surface area (Å²) >= 11 is 0. The van der Waals surface area contributed by atoms with Crippen LogP contribution < -0.4 is 10.2 Å². The number of rotatable bonds is 6. The number of benzene rings is 1. The molecule has 0 aliphatic carbocycles. The molecule has 1 saturated heterocycles. The number of hydrogen-bond acceptors (Lipinski definition) is 6. The first-order valence-corrected chi connectivity index (χ1v) is 12.7. The van der Waals surface area contributed by atoms with Gasteiger partial charge in [0.25, 0.3) is 5.91 Å². The number of carbonyl (C=O) groups excluding carboxylic acids is 1. The second-order valence-corrected chi connectivity index (χ2v) is 9.69. The standard InChI is InChI=1S/C28H34N6O2/c1-6-32-11-13-33(14-12-32)26-10-8-7-9-24(26)31-28(35)22-16-25(21-15-19(4)36-20(21)5)30-27-23(22)17-29-34(27)18(2)3/h7-10,15-18H,6,11-14H2,1-5H3,(H,31,35). The normalized spacial score (nSPS) is 14.7. The van der Waals surface area contributed by atoms with Gasteiger partial charge in [0.15, 0.2) is 5.65 Å². The summed E-state index contributed by atoms with van der Waals surface area (Å²) in [5.74, 6) is 1.41. The molecule has 4 heterocycles. The van der Waals surface area contributed by atoms with Crippen molar-refractivity contribution in [1.29, 1.82) is 0 Å². The Hall–Kier alpha value is -3.65. The van der Waals surface area contributed by atoms with Gasteiger partial charge in [-0.05, 0) is 58.5 Å². The summed E-state index contributed by atoms with van der Waals surface area (Å²) in [6.07, 6.45) is 1.74. The third-order valence-corrected chi connectivity index (χ3v) is 6.93. The highest BCUT2D eigenvalue weighted by Crippen LogP contribution is 2.32. The lowest BCUT2D eigenvalue weighted by Gasteiger charge is -2.36. The van der Waals surface area contributed by atoms with E-state index in [0.717, 1.165) is 66.6 Å². The number of furan rings is 1. The van der Waals surface area contributed by atoms with Gasteiger partial charge < -0.3 is 19.5 Å². The van der Waals surface area contributed by atoms with Gasteiger partial charge in [-0.2, -0.15) is 5.10 Å². The van der Waals surface area contributed by atoms with E-state index < -0.39 is 0 Å². The minimum Gasteiger partial charge on any atom is -0.466 e. The Morgan fingerprint density at radius 3 is 2.53 bits per heavy atom. The van der Waals surface area contributed by atoms with Crippen molar-refractivity contribution in [3.05, 3.63) is 59.7 Å². The Labute approximate surface area is 211 Å². The molecule has 4 aromatic rings. The summed E-state index contributed by atoms with van der Waals surface area (Å²) in [4.78, 5) is 23.5. The fourth-order valence-electron chi connectivity index (χ4n) is 4.96. The Morgan fingerprint density at radius 1 is 1.11 bits per heavy atom. The summed E-state index contributed by atoms with van der Waals surface area (Å²) in [5, 5.41) is 8.48. The van der Waals surface area contributed by atoms with Gasteiger partial charge in [0.1, 0.15) is 11.5 Å². The zero-order valence-corrected chi connectivity index (χ0v) is 21.7. The van der Waals surface area contributed by atoms with Crippen molar-refractivity contribution in [1.82, 2.24) is 19.7 Å². The van der Waals surface area contributed by atoms with Crippen LogP contribution in [-0.2, 0) is 0 Å². The first kappa shape index (κ1) is 24.1. The van der Waals surface area contributed by atoms with Crippen LogP contribution in [-0.4, -0.2) is 58.3 Å².